The highest BCUT2D eigenvalue weighted by atomic mass is 32.2. The molecule has 1 aliphatic heterocycles. The lowest BCUT2D eigenvalue weighted by molar-refractivity contribution is 0.0995. The lowest BCUT2D eigenvalue weighted by Crippen LogP contribution is -2.52. The summed E-state index contributed by atoms with van der Waals surface area (Å²) in [6, 6.07) is 23.4. The second-order valence-electron chi connectivity index (χ2n) is 12.2. The number of aliphatic hydroxyl groups excluding tert-OH is 1. The molecule has 5 rings (SSSR count). The second-order valence-corrected chi connectivity index (χ2v) is 13.9. The van der Waals surface area contributed by atoms with E-state index in [1.807, 2.05) is 29.2 Å². The first-order valence-corrected chi connectivity index (χ1v) is 17.4. The molecule has 236 valence electrons. The Kier molecular flexibility index (Phi) is 10.5. The highest BCUT2D eigenvalue weighted by Gasteiger charge is 2.30. The fourth-order valence-corrected chi connectivity index (χ4v) is 6.63. The van der Waals surface area contributed by atoms with Crippen LogP contribution in [-0.4, -0.2) is 66.9 Å². The zero-order chi connectivity index (χ0) is 31.1. The van der Waals surface area contributed by atoms with Gasteiger partial charge in [0.25, 0.3) is 0 Å². The third-order valence-corrected chi connectivity index (χ3v) is 9.21. The Balaban J connectivity index is 1.15. The number of aliphatic hydroxyl groups is 1. The van der Waals surface area contributed by atoms with Crippen LogP contribution in [0.15, 0.2) is 72.8 Å². The van der Waals surface area contributed by atoms with Crippen molar-refractivity contribution >= 4 is 21.7 Å². The van der Waals surface area contributed by atoms with E-state index < -0.39 is 10.0 Å². The molecule has 2 amide bonds. The van der Waals surface area contributed by atoms with Gasteiger partial charge in [0.2, 0.25) is 10.0 Å². The van der Waals surface area contributed by atoms with Crippen LogP contribution in [0.5, 0.6) is 11.5 Å². The number of piperidine rings is 1. The number of nitrogens with zero attached hydrogens (tertiary/aromatic N) is 2. The summed E-state index contributed by atoms with van der Waals surface area (Å²) in [7, 11) is -3.32. The lowest BCUT2D eigenvalue weighted by Gasteiger charge is -2.40. The Morgan fingerprint density at radius 1 is 0.909 bits per heavy atom. The Morgan fingerprint density at radius 2 is 1.52 bits per heavy atom. The molecule has 3 aromatic carbocycles. The summed E-state index contributed by atoms with van der Waals surface area (Å²) in [5.74, 6) is 1.33. The number of carbonyl (C=O) groups excluding carboxylic acids is 1. The maximum Gasteiger partial charge on any atom is 0.318 e. The molecule has 2 fully saturated rings. The van der Waals surface area contributed by atoms with Crippen LogP contribution in [0.2, 0.25) is 0 Å². The average Bonchev–Trinajstić information content (AvgIpc) is 3.00. The normalized spacial score (nSPS) is 19.7. The van der Waals surface area contributed by atoms with E-state index in [4.69, 9.17) is 4.74 Å². The van der Waals surface area contributed by atoms with Gasteiger partial charge in [-0.1, -0.05) is 36.4 Å². The molecule has 0 unspecified atom stereocenters. The molecule has 0 bridgehead atoms. The molecule has 10 heteroatoms. The number of benzene rings is 3. The van der Waals surface area contributed by atoms with Crippen molar-refractivity contribution in [1.29, 1.82) is 0 Å². The molecule has 9 nitrogen and oxygen atoms in total. The third kappa shape index (κ3) is 9.20. The SMILES string of the molecule is Cc1ccccc1CN(C(=O)NC1CCC(O)CC1)C1CCN(Cc2ccc(Oc3ccc(NS(C)(=O)=O)cc3)cc2)CC1. The first-order chi connectivity index (χ1) is 21.1. The summed E-state index contributed by atoms with van der Waals surface area (Å²) < 4.78 is 31.2. The molecule has 2 aliphatic rings. The van der Waals surface area contributed by atoms with Crippen molar-refractivity contribution < 1.29 is 23.1 Å². The molecule has 1 saturated carbocycles. The van der Waals surface area contributed by atoms with Crippen LogP contribution in [0.4, 0.5) is 10.5 Å². The number of amides is 2. The van der Waals surface area contributed by atoms with Crippen LogP contribution < -0.4 is 14.8 Å². The largest absolute Gasteiger partial charge is 0.457 e. The standard InChI is InChI=1S/C34H44N4O5S/c1-25-5-3-4-6-27(25)24-38(34(40)35-28-9-13-31(39)14-10-28)30-19-21-37(22-20-30)23-26-7-15-32(16-8-26)43-33-17-11-29(12-18-33)36-44(2,41)42/h3-8,11-12,15-18,28,30-31,36,39H,9-10,13-14,19-24H2,1-2H3,(H,35,40). The van der Waals surface area contributed by atoms with Gasteiger partial charge in [0.15, 0.2) is 0 Å². The van der Waals surface area contributed by atoms with Gasteiger partial charge >= 0.3 is 6.03 Å². The van der Waals surface area contributed by atoms with Gasteiger partial charge < -0.3 is 20.1 Å². The molecule has 3 aromatic rings. The molecular weight excluding hydrogens is 576 g/mol. The average molecular weight is 621 g/mol. The van der Waals surface area contributed by atoms with Crippen molar-refractivity contribution in [2.45, 2.75) is 76.7 Å². The van der Waals surface area contributed by atoms with E-state index in [2.05, 4.69) is 46.1 Å². The zero-order valence-corrected chi connectivity index (χ0v) is 26.4. The van der Waals surface area contributed by atoms with Gasteiger partial charge in [-0.3, -0.25) is 9.62 Å². The number of hydrogen-bond donors (Lipinski definition) is 3. The molecule has 0 aromatic heterocycles. The molecular formula is C34H44N4O5S. The predicted octanol–water partition coefficient (Wildman–Crippen LogP) is 5.64. The number of hydrogen-bond acceptors (Lipinski definition) is 6. The fourth-order valence-electron chi connectivity index (χ4n) is 6.07. The molecule has 3 N–H and O–H groups in total. The van der Waals surface area contributed by atoms with Crippen LogP contribution >= 0.6 is 0 Å². The van der Waals surface area contributed by atoms with Crippen molar-refractivity contribution in [2.75, 3.05) is 24.1 Å². The molecule has 44 heavy (non-hydrogen) atoms. The van der Waals surface area contributed by atoms with Crippen LogP contribution in [-0.2, 0) is 23.1 Å². The summed E-state index contributed by atoms with van der Waals surface area (Å²) in [6.07, 6.45) is 5.82. The van der Waals surface area contributed by atoms with Crippen molar-refractivity contribution in [2.24, 2.45) is 0 Å². The van der Waals surface area contributed by atoms with E-state index in [0.29, 0.717) is 23.7 Å². The molecule has 0 atom stereocenters. The predicted molar refractivity (Wildman–Crippen MR) is 173 cm³/mol. The quantitative estimate of drug-likeness (QED) is 0.271. The summed E-state index contributed by atoms with van der Waals surface area (Å²) in [6.45, 7) is 5.33. The number of urea groups is 1. The Hall–Kier alpha value is -3.60. The molecule has 1 saturated heterocycles. The van der Waals surface area contributed by atoms with E-state index in [1.54, 1.807) is 24.3 Å². The smallest absolute Gasteiger partial charge is 0.318 e. The first kappa shape index (κ1) is 31.8. The fraction of sp³-hybridized carbons (Fsp3) is 0.441. The number of sulfonamides is 1. The molecule has 0 spiro atoms. The van der Waals surface area contributed by atoms with Gasteiger partial charge in [-0.05, 0) is 98.5 Å². The summed E-state index contributed by atoms with van der Waals surface area (Å²) >= 11 is 0. The van der Waals surface area contributed by atoms with Crippen molar-refractivity contribution in [3.05, 3.63) is 89.5 Å². The monoisotopic (exact) mass is 620 g/mol. The minimum Gasteiger partial charge on any atom is -0.457 e. The van der Waals surface area contributed by atoms with E-state index >= 15 is 0 Å². The van der Waals surface area contributed by atoms with Crippen LogP contribution in [0, 0.1) is 6.92 Å². The molecule has 1 heterocycles. The summed E-state index contributed by atoms with van der Waals surface area (Å²) in [4.78, 5) is 18.1. The van der Waals surface area contributed by atoms with Gasteiger partial charge in [0, 0.05) is 44.0 Å². The Bertz CT molecular complexity index is 1480. The van der Waals surface area contributed by atoms with Crippen LogP contribution in [0.25, 0.3) is 0 Å². The van der Waals surface area contributed by atoms with Gasteiger partial charge in [-0.15, -0.1) is 0 Å². The van der Waals surface area contributed by atoms with E-state index in [9.17, 15) is 18.3 Å². The highest BCUT2D eigenvalue weighted by Crippen LogP contribution is 2.26. The number of nitrogens with one attached hydrogen (secondary N) is 2. The molecule has 1 aliphatic carbocycles. The maximum absolute atomic E-state index is 13.6. The first-order valence-electron chi connectivity index (χ1n) is 15.5. The van der Waals surface area contributed by atoms with Gasteiger partial charge in [0.1, 0.15) is 11.5 Å². The summed E-state index contributed by atoms with van der Waals surface area (Å²) in [5, 5.41) is 13.2. The van der Waals surface area contributed by atoms with E-state index in [1.165, 1.54) is 16.7 Å². The number of aryl methyl sites for hydroxylation is 1. The molecule has 0 radical (unpaired) electrons. The minimum atomic E-state index is -3.32. The number of rotatable bonds is 10. The van der Waals surface area contributed by atoms with Gasteiger partial charge in [0.05, 0.1) is 12.4 Å². The zero-order valence-electron chi connectivity index (χ0n) is 25.6. The minimum absolute atomic E-state index is 0.00461. The Morgan fingerprint density at radius 3 is 2.14 bits per heavy atom. The van der Waals surface area contributed by atoms with Crippen LogP contribution in [0.3, 0.4) is 0 Å². The maximum atomic E-state index is 13.6. The Labute approximate surface area is 261 Å². The van der Waals surface area contributed by atoms with E-state index in [-0.39, 0.29) is 24.2 Å². The number of anilines is 1. The van der Waals surface area contributed by atoms with Crippen molar-refractivity contribution in [1.82, 2.24) is 15.1 Å². The van der Waals surface area contributed by atoms with Crippen molar-refractivity contribution in [3.63, 3.8) is 0 Å². The van der Waals surface area contributed by atoms with Gasteiger partial charge in [-0.25, -0.2) is 13.2 Å². The van der Waals surface area contributed by atoms with Crippen molar-refractivity contribution in [3.8, 4) is 11.5 Å². The highest BCUT2D eigenvalue weighted by molar-refractivity contribution is 7.92. The third-order valence-electron chi connectivity index (χ3n) is 8.61. The topological polar surface area (TPSA) is 111 Å². The summed E-state index contributed by atoms with van der Waals surface area (Å²) in [5.41, 5.74) is 4.05. The lowest BCUT2D eigenvalue weighted by atomic mass is 9.93. The van der Waals surface area contributed by atoms with Gasteiger partial charge in [-0.2, -0.15) is 0 Å². The second kappa shape index (κ2) is 14.5. The number of likely N-dealkylation sites (tertiary alicyclic amines) is 1. The van der Waals surface area contributed by atoms with E-state index in [0.717, 1.165) is 64.4 Å². The number of carbonyl (C=O) groups is 1. The van der Waals surface area contributed by atoms with Crippen LogP contribution in [0.1, 0.15) is 55.2 Å². The number of ether oxygens (including phenoxy) is 1.